The molecule has 2 heterocycles. The number of benzene rings is 1. The number of guanidine groups is 1. The highest BCUT2D eigenvalue weighted by Crippen LogP contribution is 2.21. The summed E-state index contributed by atoms with van der Waals surface area (Å²) < 4.78 is 5.32. The molecule has 122 valence electrons. The molecule has 0 unspecified atom stereocenters. The van der Waals surface area contributed by atoms with Gasteiger partial charge in [0.25, 0.3) is 0 Å². The monoisotopic (exact) mass is 330 g/mol. The number of ether oxygens (including phenoxy) is 1. The molecule has 3 rings (SSSR count). The van der Waals surface area contributed by atoms with Crippen LogP contribution in [0, 0.1) is 6.92 Å². The van der Waals surface area contributed by atoms with Crippen molar-refractivity contribution in [1.82, 2.24) is 9.88 Å². The molecule has 2 aromatic rings. The molecule has 1 aliphatic rings. The van der Waals surface area contributed by atoms with Crippen LogP contribution in [0.2, 0.25) is 0 Å². The minimum Gasteiger partial charge on any atom is -0.378 e. The second kappa shape index (κ2) is 7.57. The predicted octanol–water partition coefficient (Wildman–Crippen LogP) is 2.31. The van der Waals surface area contributed by atoms with Crippen molar-refractivity contribution in [2.45, 2.75) is 13.3 Å². The van der Waals surface area contributed by atoms with E-state index in [-0.39, 0.29) is 0 Å². The number of hydrogen-bond acceptors (Lipinski definition) is 4. The fourth-order valence-electron chi connectivity index (χ4n) is 2.53. The van der Waals surface area contributed by atoms with Crippen LogP contribution in [-0.2, 0) is 11.2 Å². The average molecular weight is 330 g/mol. The van der Waals surface area contributed by atoms with Crippen molar-refractivity contribution in [3.05, 3.63) is 40.2 Å². The fraction of sp³-hybridized carbons (Fsp3) is 0.412. The molecule has 0 amide bonds. The highest BCUT2D eigenvalue weighted by atomic mass is 32.1. The largest absolute Gasteiger partial charge is 0.378 e. The van der Waals surface area contributed by atoms with Crippen LogP contribution in [0.1, 0.15) is 10.6 Å². The van der Waals surface area contributed by atoms with Crippen molar-refractivity contribution in [2.24, 2.45) is 10.7 Å². The summed E-state index contributed by atoms with van der Waals surface area (Å²) in [7, 11) is 0. The quantitative estimate of drug-likeness (QED) is 0.690. The van der Waals surface area contributed by atoms with Gasteiger partial charge in [-0.25, -0.2) is 4.98 Å². The number of nitrogens with two attached hydrogens (primary N) is 1. The number of nitrogens with zero attached hydrogens (tertiary/aromatic N) is 3. The highest BCUT2D eigenvalue weighted by Gasteiger charge is 2.11. The Balaban J connectivity index is 1.54. The molecule has 0 spiro atoms. The van der Waals surface area contributed by atoms with Crippen LogP contribution in [0.15, 0.2) is 34.6 Å². The van der Waals surface area contributed by atoms with Crippen molar-refractivity contribution in [1.29, 1.82) is 0 Å². The SMILES string of the molecule is Cc1nc(-c2ccc(CCN=C(N)N3CCOCC3)cc2)cs1. The van der Waals surface area contributed by atoms with E-state index in [4.69, 9.17) is 10.5 Å². The Morgan fingerprint density at radius 2 is 2.04 bits per heavy atom. The lowest BCUT2D eigenvalue weighted by molar-refractivity contribution is 0.0674. The zero-order valence-electron chi connectivity index (χ0n) is 13.4. The zero-order valence-corrected chi connectivity index (χ0v) is 14.2. The van der Waals surface area contributed by atoms with Crippen molar-refractivity contribution in [3.8, 4) is 11.3 Å². The predicted molar refractivity (Wildman–Crippen MR) is 94.9 cm³/mol. The summed E-state index contributed by atoms with van der Waals surface area (Å²) in [5.74, 6) is 0.628. The lowest BCUT2D eigenvalue weighted by Gasteiger charge is -2.27. The van der Waals surface area contributed by atoms with E-state index < -0.39 is 0 Å². The molecule has 23 heavy (non-hydrogen) atoms. The van der Waals surface area contributed by atoms with Gasteiger partial charge in [-0.15, -0.1) is 11.3 Å². The number of aliphatic imine (C=N–C) groups is 1. The zero-order chi connectivity index (χ0) is 16.1. The van der Waals surface area contributed by atoms with E-state index in [2.05, 4.69) is 44.5 Å². The van der Waals surface area contributed by atoms with E-state index in [1.807, 2.05) is 6.92 Å². The summed E-state index contributed by atoms with van der Waals surface area (Å²) in [6.45, 7) is 5.85. The summed E-state index contributed by atoms with van der Waals surface area (Å²) in [4.78, 5) is 11.1. The van der Waals surface area contributed by atoms with Gasteiger partial charge in [-0.1, -0.05) is 24.3 Å². The first-order chi connectivity index (χ1) is 11.2. The van der Waals surface area contributed by atoms with Gasteiger partial charge in [0.15, 0.2) is 5.96 Å². The lowest BCUT2D eigenvalue weighted by Crippen LogP contribution is -2.44. The minimum absolute atomic E-state index is 0.628. The van der Waals surface area contributed by atoms with Gasteiger partial charge in [0.1, 0.15) is 0 Å². The Morgan fingerprint density at radius 1 is 1.30 bits per heavy atom. The summed E-state index contributed by atoms with van der Waals surface area (Å²) in [6, 6.07) is 8.53. The van der Waals surface area contributed by atoms with Crippen molar-refractivity contribution < 1.29 is 4.74 Å². The molecule has 0 atom stereocenters. The molecule has 1 fully saturated rings. The topological polar surface area (TPSA) is 63.7 Å². The third kappa shape index (κ3) is 4.30. The Hall–Kier alpha value is -1.92. The van der Waals surface area contributed by atoms with Crippen LogP contribution in [0.25, 0.3) is 11.3 Å². The van der Waals surface area contributed by atoms with Gasteiger partial charge in [0.2, 0.25) is 0 Å². The van der Waals surface area contributed by atoms with Gasteiger partial charge in [0.05, 0.1) is 23.9 Å². The fourth-order valence-corrected chi connectivity index (χ4v) is 3.15. The maximum absolute atomic E-state index is 6.03. The molecule has 2 N–H and O–H groups in total. The molecule has 0 bridgehead atoms. The Kier molecular flexibility index (Phi) is 5.25. The molecule has 0 saturated carbocycles. The van der Waals surface area contributed by atoms with Crippen molar-refractivity contribution >= 4 is 17.3 Å². The number of hydrogen-bond donors (Lipinski definition) is 1. The second-order valence-corrected chi connectivity index (χ2v) is 6.60. The summed E-state index contributed by atoms with van der Waals surface area (Å²) in [5, 5.41) is 3.19. The molecule has 0 radical (unpaired) electrons. The van der Waals surface area contributed by atoms with Crippen molar-refractivity contribution in [3.63, 3.8) is 0 Å². The van der Waals surface area contributed by atoms with E-state index in [0.29, 0.717) is 12.5 Å². The Morgan fingerprint density at radius 3 is 2.70 bits per heavy atom. The van der Waals surface area contributed by atoms with Gasteiger partial charge < -0.3 is 15.4 Å². The van der Waals surface area contributed by atoms with Crippen LogP contribution in [0.4, 0.5) is 0 Å². The number of thiazole rings is 1. The second-order valence-electron chi connectivity index (χ2n) is 5.54. The molecular weight excluding hydrogens is 308 g/mol. The minimum atomic E-state index is 0.628. The highest BCUT2D eigenvalue weighted by molar-refractivity contribution is 7.09. The molecule has 1 aliphatic heterocycles. The number of aromatic nitrogens is 1. The molecule has 1 aromatic heterocycles. The molecule has 5 nitrogen and oxygen atoms in total. The maximum Gasteiger partial charge on any atom is 0.191 e. The normalized spacial score (nSPS) is 15.9. The summed E-state index contributed by atoms with van der Waals surface area (Å²) in [5.41, 5.74) is 9.50. The first-order valence-electron chi connectivity index (χ1n) is 7.86. The van der Waals surface area contributed by atoms with E-state index in [9.17, 15) is 0 Å². The van der Waals surface area contributed by atoms with E-state index >= 15 is 0 Å². The average Bonchev–Trinajstić information content (AvgIpc) is 3.03. The van der Waals surface area contributed by atoms with Gasteiger partial charge in [-0.2, -0.15) is 0 Å². The molecular formula is C17H22N4OS. The number of aryl methyl sites for hydroxylation is 1. The molecule has 1 saturated heterocycles. The Labute approximate surface area is 140 Å². The molecule has 1 aromatic carbocycles. The van der Waals surface area contributed by atoms with Crippen LogP contribution in [0.3, 0.4) is 0 Å². The van der Waals surface area contributed by atoms with Crippen LogP contribution >= 0.6 is 11.3 Å². The third-order valence-electron chi connectivity index (χ3n) is 3.88. The first kappa shape index (κ1) is 16.0. The Bertz CT molecular complexity index is 659. The number of morpholine rings is 1. The van der Waals surface area contributed by atoms with E-state index in [0.717, 1.165) is 49.0 Å². The van der Waals surface area contributed by atoms with E-state index in [1.54, 1.807) is 11.3 Å². The van der Waals surface area contributed by atoms with Gasteiger partial charge in [0, 0.05) is 30.6 Å². The van der Waals surface area contributed by atoms with Crippen molar-refractivity contribution in [2.75, 3.05) is 32.8 Å². The van der Waals surface area contributed by atoms with Crippen LogP contribution in [-0.4, -0.2) is 48.7 Å². The van der Waals surface area contributed by atoms with Crippen LogP contribution < -0.4 is 5.73 Å². The standard InChI is InChI=1S/C17H22N4OS/c1-13-20-16(12-23-13)15-4-2-14(3-5-15)6-7-19-17(18)21-8-10-22-11-9-21/h2-5,12H,6-11H2,1H3,(H2,18,19). The molecule has 6 heteroatoms. The van der Waals surface area contributed by atoms with Gasteiger partial charge in [-0.3, -0.25) is 4.99 Å². The van der Waals surface area contributed by atoms with Gasteiger partial charge >= 0.3 is 0 Å². The van der Waals surface area contributed by atoms with Crippen LogP contribution in [0.5, 0.6) is 0 Å². The van der Waals surface area contributed by atoms with Gasteiger partial charge in [-0.05, 0) is 18.9 Å². The lowest BCUT2D eigenvalue weighted by atomic mass is 10.1. The smallest absolute Gasteiger partial charge is 0.191 e. The summed E-state index contributed by atoms with van der Waals surface area (Å²) >= 11 is 1.68. The maximum atomic E-state index is 6.03. The third-order valence-corrected chi connectivity index (χ3v) is 4.65. The van der Waals surface area contributed by atoms with E-state index in [1.165, 1.54) is 5.56 Å². The summed E-state index contributed by atoms with van der Waals surface area (Å²) in [6.07, 6.45) is 0.890. The first-order valence-corrected chi connectivity index (χ1v) is 8.74. The molecule has 0 aliphatic carbocycles. The number of rotatable bonds is 4.